The third kappa shape index (κ3) is 8.20. The third-order valence-corrected chi connectivity index (χ3v) is 19.4. The molecule has 0 aromatic heterocycles. The molecule has 1 heterocycles. The average molecular weight is 633 g/mol. The first kappa shape index (κ1) is 34.8. The van der Waals surface area contributed by atoms with Gasteiger partial charge in [0.25, 0.3) is 8.32 Å². The van der Waals surface area contributed by atoms with Gasteiger partial charge in [-0.2, -0.15) is 0 Å². The van der Waals surface area contributed by atoms with Crippen LogP contribution in [0.5, 0.6) is 0 Å². The average Bonchev–Trinajstić information content (AvgIpc) is 2.97. The molecule has 0 N–H and O–H groups in total. The van der Waals surface area contributed by atoms with Crippen LogP contribution < -0.4 is 10.4 Å². The van der Waals surface area contributed by atoms with Gasteiger partial charge in [-0.1, -0.05) is 139 Å². The molecule has 0 saturated carbocycles. The first-order chi connectivity index (χ1) is 20.7. The fraction of sp³-hybridized carbons (Fsp3) is 0.526. The monoisotopic (exact) mass is 632 g/mol. The Hall–Kier alpha value is -2.07. The van der Waals surface area contributed by atoms with Crippen LogP contribution in [0.3, 0.4) is 0 Å². The van der Waals surface area contributed by atoms with Gasteiger partial charge >= 0.3 is 0 Å². The van der Waals surface area contributed by atoms with Gasteiger partial charge in [-0.3, -0.25) is 0 Å². The first-order valence-corrected chi connectivity index (χ1v) is 21.3. The van der Waals surface area contributed by atoms with Crippen molar-refractivity contribution in [2.24, 2.45) is 5.92 Å². The summed E-state index contributed by atoms with van der Waals surface area (Å²) in [6.07, 6.45) is 1.86. The fourth-order valence-corrected chi connectivity index (χ4v) is 12.2. The highest BCUT2D eigenvalue weighted by molar-refractivity contribution is 6.99. The van der Waals surface area contributed by atoms with Gasteiger partial charge in [0.05, 0.1) is 31.5 Å². The largest absolute Gasteiger partial charge is 0.413 e. The number of hydrogen-bond donors (Lipinski definition) is 0. The number of benzene rings is 3. The van der Waals surface area contributed by atoms with Gasteiger partial charge in [-0.25, -0.2) is 0 Å². The molecule has 1 fully saturated rings. The molecule has 0 aliphatic carbocycles. The Morgan fingerprint density at radius 3 is 1.77 bits per heavy atom. The molecular weight excluding hydrogens is 577 g/mol. The van der Waals surface area contributed by atoms with Crippen LogP contribution in [-0.2, 0) is 24.9 Å². The maximum Gasteiger partial charge on any atom is 0.261 e. The van der Waals surface area contributed by atoms with Gasteiger partial charge in [0.1, 0.15) is 0 Å². The highest BCUT2D eigenvalue weighted by atomic mass is 28.4. The first-order valence-electron chi connectivity index (χ1n) is 16.4. The summed E-state index contributed by atoms with van der Waals surface area (Å²) in [6.45, 7) is 22.7. The molecule has 0 unspecified atom stereocenters. The maximum atomic E-state index is 7.26. The predicted octanol–water partition coefficient (Wildman–Crippen LogP) is 8.35. The minimum Gasteiger partial charge on any atom is -0.413 e. The Labute approximate surface area is 269 Å². The molecule has 0 radical (unpaired) electrons. The fourth-order valence-electron chi connectivity index (χ4n) is 6.20. The lowest BCUT2D eigenvalue weighted by molar-refractivity contribution is -0.154. The van der Waals surface area contributed by atoms with Gasteiger partial charge < -0.3 is 18.3 Å². The van der Waals surface area contributed by atoms with Crippen LogP contribution in [0.4, 0.5) is 0 Å². The SMILES string of the molecule is C[C@@H]1[C@H](COCc2ccccc2)O[C@H](CCO[Si](c2ccccc2)(c2ccccc2)C(C)(C)C)C[C@H]1O[Si](C)(C)C(C)(C)C. The van der Waals surface area contributed by atoms with Crippen molar-refractivity contribution in [3.05, 3.63) is 96.6 Å². The molecule has 44 heavy (non-hydrogen) atoms. The van der Waals surface area contributed by atoms with Crippen LogP contribution in [0.1, 0.15) is 66.9 Å². The van der Waals surface area contributed by atoms with Crippen LogP contribution in [-0.4, -0.2) is 48.2 Å². The zero-order valence-corrected chi connectivity index (χ0v) is 30.6. The second-order valence-electron chi connectivity index (χ2n) is 15.1. The van der Waals surface area contributed by atoms with Gasteiger partial charge in [-0.05, 0) is 51.9 Å². The Bertz CT molecular complexity index is 1230. The minimum absolute atomic E-state index is 0.0277. The highest BCUT2D eigenvalue weighted by Crippen LogP contribution is 2.41. The topological polar surface area (TPSA) is 36.9 Å². The van der Waals surface area contributed by atoms with Crippen molar-refractivity contribution in [2.45, 2.75) is 109 Å². The van der Waals surface area contributed by atoms with Gasteiger partial charge in [0.15, 0.2) is 8.32 Å². The quantitative estimate of drug-likeness (QED) is 0.188. The van der Waals surface area contributed by atoms with E-state index in [-0.39, 0.29) is 34.3 Å². The Kier molecular flexibility index (Phi) is 11.5. The van der Waals surface area contributed by atoms with Crippen LogP contribution in [0.25, 0.3) is 0 Å². The van der Waals surface area contributed by atoms with Crippen molar-refractivity contribution < 1.29 is 18.3 Å². The van der Waals surface area contributed by atoms with Crippen molar-refractivity contribution in [3.8, 4) is 0 Å². The lowest BCUT2D eigenvalue weighted by Crippen LogP contribution is -2.66. The summed E-state index contributed by atoms with van der Waals surface area (Å²) in [5.41, 5.74) is 1.18. The van der Waals surface area contributed by atoms with E-state index in [1.54, 1.807) is 0 Å². The number of ether oxygens (including phenoxy) is 2. The van der Waals surface area contributed by atoms with Crippen LogP contribution in [0, 0.1) is 5.92 Å². The minimum atomic E-state index is -2.61. The van der Waals surface area contributed by atoms with E-state index in [0.717, 1.165) is 12.8 Å². The molecule has 240 valence electrons. The maximum absolute atomic E-state index is 7.26. The Morgan fingerprint density at radius 1 is 0.750 bits per heavy atom. The van der Waals surface area contributed by atoms with Crippen LogP contribution in [0.15, 0.2) is 91.0 Å². The second-order valence-corrected chi connectivity index (χ2v) is 24.2. The van der Waals surface area contributed by atoms with E-state index in [9.17, 15) is 0 Å². The summed E-state index contributed by atoms with van der Waals surface area (Å²) < 4.78 is 27.4. The van der Waals surface area contributed by atoms with Gasteiger partial charge in [-0.15, -0.1) is 0 Å². The lowest BCUT2D eigenvalue weighted by Gasteiger charge is -2.47. The molecule has 0 amide bonds. The molecule has 3 aromatic rings. The van der Waals surface area contributed by atoms with Crippen LogP contribution in [0.2, 0.25) is 23.2 Å². The molecule has 4 atom stereocenters. The standard InChI is InChI=1S/C38H56O4Si2/c1-30-35(42-43(8,9)37(2,3)4)27-32(41-36(30)29-39-28-31-19-13-10-14-20-31)25-26-40-44(38(5,6)7,33-21-15-11-16-22-33)34-23-17-12-18-24-34/h10-24,30,32,35-36H,25-29H2,1-9H3/t30-,32+,35+,36-/m0/s1. The molecule has 3 aromatic carbocycles. The smallest absolute Gasteiger partial charge is 0.261 e. The van der Waals surface area contributed by atoms with E-state index in [1.807, 2.05) is 6.07 Å². The van der Waals surface area contributed by atoms with Crippen LogP contribution >= 0.6 is 0 Å². The molecule has 4 nitrogen and oxygen atoms in total. The van der Waals surface area contributed by atoms with E-state index in [1.165, 1.54) is 15.9 Å². The van der Waals surface area contributed by atoms with E-state index in [0.29, 0.717) is 19.8 Å². The predicted molar refractivity (Wildman–Crippen MR) is 189 cm³/mol. The molecule has 4 rings (SSSR count). The van der Waals surface area contributed by atoms with Crippen molar-refractivity contribution >= 4 is 27.0 Å². The van der Waals surface area contributed by atoms with E-state index >= 15 is 0 Å². The Morgan fingerprint density at radius 2 is 1.27 bits per heavy atom. The molecule has 0 spiro atoms. The summed E-state index contributed by atoms with van der Waals surface area (Å²) in [7, 11) is -4.58. The molecular formula is C38H56O4Si2. The molecule has 1 saturated heterocycles. The second kappa shape index (κ2) is 14.6. The summed E-state index contributed by atoms with van der Waals surface area (Å²) in [6, 6.07) is 32.2. The summed E-state index contributed by atoms with van der Waals surface area (Å²) >= 11 is 0. The molecule has 6 heteroatoms. The van der Waals surface area contributed by atoms with Crippen molar-refractivity contribution in [2.75, 3.05) is 13.2 Å². The van der Waals surface area contributed by atoms with E-state index in [4.69, 9.17) is 18.3 Å². The normalized spacial score (nSPS) is 21.8. The lowest BCUT2D eigenvalue weighted by atomic mass is 9.89. The van der Waals surface area contributed by atoms with Crippen molar-refractivity contribution in [3.63, 3.8) is 0 Å². The summed E-state index contributed by atoms with van der Waals surface area (Å²) in [5, 5.41) is 2.71. The van der Waals surface area contributed by atoms with Gasteiger partial charge in [0.2, 0.25) is 0 Å². The zero-order valence-electron chi connectivity index (χ0n) is 28.6. The van der Waals surface area contributed by atoms with E-state index < -0.39 is 16.6 Å². The highest BCUT2D eigenvalue weighted by Gasteiger charge is 2.50. The van der Waals surface area contributed by atoms with Crippen molar-refractivity contribution in [1.29, 1.82) is 0 Å². The number of rotatable bonds is 12. The molecule has 0 bridgehead atoms. The third-order valence-electron chi connectivity index (χ3n) is 9.86. The van der Waals surface area contributed by atoms with Crippen molar-refractivity contribution in [1.82, 2.24) is 0 Å². The zero-order chi connectivity index (χ0) is 32.0. The van der Waals surface area contributed by atoms with Gasteiger partial charge in [0, 0.05) is 12.5 Å². The molecule has 1 aliphatic heterocycles. The molecule has 1 aliphatic rings. The van der Waals surface area contributed by atoms with E-state index in [2.05, 4.69) is 146 Å². The summed E-state index contributed by atoms with van der Waals surface area (Å²) in [4.78, 5) is 0. The number of hydrogen-bond acceptors (Lipinski definition) is 4. The Balaban J connectivity index is 1.54. The summed E-state index contributed by atoms with van der Waals surface area (Å²) in [5.74, 6) is 0.244.